The van der Waals surface area contributed by atoms with E-state index in [9.17, 15) is 10.0 Å². The summed E-state index contributed by atoms with van der Waals surface area (Å²) in [6, 6.07) is 6.27. The zero-order chi connectivity index (χ0) is 8.97. The number of amides is 1. The van der Waals surface area contributed by atoms with Crippen molar-refractivity contribution < 1.29 is 9.53 Å². The quantitative estimate of drug-likeness (QED) is 0.664. The van der Waals surface area contributed by atoms with E-state index in [-0.39, 0.29) is 0 Å². The van der Waals surface area contributed by atoms with Crippen molar-refractivity contribution in [1.82, 2.24) is 5.48 Å². The lowest BCUT2D eigenvalue weighted by atomic mass is 10.2. The molecule has 1 aromatic carbocycles. The van der Waals surface area contributed by atoms with Crippen LogP contribution in [-0.4, -0.2) is 13.0 Å². The highest BCUT2D eigenvalue weighted by Crippen LogP contribution is 2.10. The molecule has 1 amide bonds. The summed E-state index contributed by atoms with van der Waals surface area (Å²) in [4.78, 5) is 10.7. The Morgan fingerprint density at radius 2 is 2.00 bits per heavy atom. The number of ether oxygens (including phenoxy) is 1. The van der Waals surface area contributed by atoms with Crippen LogP contribution >= 0.6 is 0 Å². The number of rotatable bonds is 2. The van der Waals surface area contributed by atoms with Crippen molar-refractivity contribution in [2.75, 3.05) is 7.11 Å². The van der Waals surface area contributed by atoms with E-state index in [4.69, 9.17) is 4.74 Å². The molecule has 0 bridgehead atoms. The first-order valence-electron chi connectivity index (χ1n) is 3.34. The molecule has 12 heavy (non-hydrogen) atoms. The van der Waals surface area contributed by atoms with Gasteiger partial charge in [-0.1, -0.05) is 0 Å². The predicted octanol–water partition coefficient (Wildman–Crippen LogP) is 0.923. The molecule has 0 saturated heterocycles. The van der Waals surface area contributed by atoms with Crippen molar-refractivity contribution in [2.45, 2.75) is 0 Å². The van der Waals surface area contributed by atoms with Gasteiger partial charge in [0.1, 0.15) is 5.75 Å². The van der Waals surface area contributed by atoms with Gasteiger partial charge in [0.15, 0.2) is 0 Å². The van der Waals surface area contributed by atoms with Crippen LogP contribution in [0, 0.1) is 5.21 Å². The summed E-state index contributed by atoms with van der Waals surface area (Å²) in [5, 5.41) is 9.95. The molecular formula is C8H8NO3-. The van der Waals surface area contributed by atoms with E-state index in [2.05, 4.69) is 0 Å². The van der Waals surface area contributed by atoms with Crippen molar-refractivity contribution in [2.24, 2.45) is 0 Å². The van der Waals surface area contributed by atoms with Crippen molar-refractivity contribution in [3.63, 3.8) is 0 Å². The first-order valence-corrected chi connectivity index (χ1v) is 3.34. The Hall–Kier alpha value is -1.55. The fourth-order valence-corrected chi connectivity index (χ4v) is 0.801. The summed E-state index contributed by atoms with van der Waals surface area (Å²) in [7, 11) is 1.53. The molecule has 1 aromatic rings. The maximum absolute atomic E-state index is 10.7. The molecule has 1 rings (SSSR count). The number of benzene rings is 1. The van der Waals surface area contributed by atoms with Gasteiger partial charge in [-0.3, -0.25) is 4.79 Å². The van der Waals surface area contributed by atoms with Crippen LogP contribution in [0.2, 0.25) is 0 Å². The van der Waals surface area contributed by atoms with Crippen LogP contribution in [0.3, 0.4) is 0 Å². The molecule has 64 valence electrons. The minimum atomic E-state index is -0.641. The Morgan fingerprint density at radius 3 is 2.42 bits per heavy atom. The summed E-state index contributed by atoms with van der Waals surface area (Å²) in [6.45, 7) is 0. The first-order chi connectivity index (χ1) is 5.77. The molecule has 0 aromatic heterocycles. The van der Waals surface area contributed by atoms with Crippen LogP contribution in [0.5, 0.6) is 5.75 Å². The van der Waals surface area contributed by atoms with Crippen molar-refractivity contribution in [1.29, 1.82) is 0 Å². The molecule has 0 spiro atoms. The van der Waals surface area contributed by atoms with E-state index in [1.165, 1.54) is 24.7 Å². The van der Waals surface area contributed by atoms with Gasteiger partial charge in [0.25, 0.3) is 0 Å². The van der Waals surface area contributed by atoms with Crippen LogP contribution < -0.4 is 10.2 Å². The Labute approximate surface area is 69.7 Å². The van der Waals surface area contributed by atoms with Gasteiger partial charge in [0, 0.05) is 5.56 Å². The van der Waals surface area contributed by atoms with Gasteiger partial charge in [0.2, 0.25) is 5.91 Å². The molecule has 0 aliphatic carbocycles. The average Bonchev–Trinajstić information content (AvgIpc) is 2.17. The second-order valence-electron chi connectivity index (χ2n) is 2.16. The minimum Gasteiger partial charge on any atom is -0.759 e. The van der Waals surface area contributed by atoms with Gasteiger partial charge in [-0.15, -0.1) is 0 Å². The van der Waals surface area contributed by atoms with Crippen LogP contribution in [0.1, 0.15) is 10.4 Å². The van der Waals surface area contributed by atoms with Crippen LogP contribution in [0.15, 0.2) is 24.3 Å². The summed E-state index contributed by atoms with van der Waals surface area (Å²) < 4.78 is 4.87. The fraction of sp³-hybridized carbons (Fsp3) is 0.125. The average molecular weight is 166 g/mol. The predicted molar refractivity (Wildman–Crippen MR) is 43.8 cm³/mol. The third-order valence-electron chi connectivity index (χ3n) is 1.44. The molecule has 0 saturated carbocycles. The van der Waals surface area contributed by atoms with E-state index in [1.807, 2.05) is 0 Å². The molecule has 1 N–H and O–H groups in total. The molecule has 0 aliphatic heterocycles. The molecule has 0 aliphatic rings. The Bertz CT molecular complexity index is 268. The summed E-state index contributed by atoms with van der Waals surface area (Å²) in [5.41, 5.74) is 1.61. The van der Waals surface area contributed by atoms with Gasteiger partial charge in [0.05, 0.1) is 7.11 Å². The number of nitrogens with one attached hydrogen (secondary N) is 1. The van der Waals surface area contributed by atoms with E-state index >= 15 is 0 Å². The number of hydroxylamine groups is 1. The highest BCUT2D eigenvalue weighted by atomic mass is 16.5. The standard InChI is InChI=1S/C8H8NO3/c1-12-7-4-2-6(3-5-7)8(10)9-11/h2-5H,1H3,(H-,9,10,11)/q-1. The number of carbonyl (C=O) groups excluding carboxylic acids is 1. The van der Waals surface area contributed by atoms with Crippen LogP contribution in [-0.2, 0) is 0 Å². The number of hydrogen-bond acceptors (Lipinski definition) is 3. The van der Waals surface area contributed by atoms with Gasteiger partial charge >= 0.3 is 0 Å². The lowest BCUT2D eigenvalue weighted by molar-refractivity contribution is 0.0970. The maximum atomic E-state index is 10.7. The number of methoxy groups -OCH3 is 1. The summed E-state index contributed by atoms with van der Waals surface area (Å²) in [5.74, 6) is 0.00935. The molecule has 0 atom stereocenters. The second kappa shape index (κ2) is 3.73. The molecule has 4 nitrogen and oxygen atoms in total. The normalized spacial score (nSPS) is 9.17. The zero-order valence-corrected chi connectivity index (χ0v) is 6.53. The lowest BCUT2D eigenvalue weighted by Gasteiger charge is -2.07. The highest BCUT2D eigenvalue weighted by Gasteiger charge is 1.99. The number of hydrogen-bond donors (Lipinski definition) is 1. The van der Waals surface area contributed by atoms with Crippen molar-refractivity contribution in [3.05, 3.63) is 35.0 Å². The third kappa shape index (κ3) is 1.73. The molecular weight excluding hydrogens is 158 g/mol. The van der Waals surface area contributed by atoms with Crippen molar-refractivity contribution >= 4 is 5.91 Å². The Kier molecular flexibility index (Phi) is 2.66. The van der Waals surface area contributed by atoms with Crippen LogP contribution in [0.25, 0.3) is 0 Å². The fourth-order valence-electron chi connectivity index (χ4n) is 0.801. The topological polar surface area (TPSA) is 61.4 Å². The smallest absolute Gasteiger partial charge is 0.240 e. The monoisotopic (exact) mass is 166 g/mol. The van der Waals surface area contributed by atoms with Gasteiger partial charge in [-0.05, 0) is 24.3 Å². The molecule has 0 fully saturated rings. The first kappa shape index (κ1) is 8.55. The number of carbonyl (C=O) groups is 1. The highest BCUT2D eigenvalue weighted by molar-refractivity contribution is 5.94. The van der Waals surface area contributed by atoms with Crippen molar-refractivity contribution in [3.8, 4) is 5.75 Å². The Morgan fingerprint density at radius 1 is 1.42 bits per heavy atom. The summed E-state index contributed by atoms with van der Waals surface area (Å²) >= 11 is 0. The van der Waals surface area contributed by atoms with Gasteiger partial charge < -0.3 is 15.4 Å². The molecule has 0 heterocycles. The minimum absolute atomic E-state index is 0.325. The van der Waals surface area contributed by atoms with E-state index in [0.717, 1.165) is 0 Å². The Balaban J connectivity index is 2.84. The SMILES string of the molecule is COc1ccc(C(=O)N[O-])cc1. The van der Waals surface area contributed by atoms with Gasteiger partial charge in [-0.25, -0.2) is 0 Å². The van der Waals surface area contributed by atoms with Crippen LogP contribution in [0.4, 0.5) is 0 Å². The van der Waals surface area contributed by atoms with E-state index in [1.54, 1.807) is 12.1 Å². The molecule has 0 unspecified atom stereocenters. The molecule has 4 heteroatoms. The third-order valence-corrected chi connectivity index (χ3v) is 1.44. The largest absolute Gasteiger partial charge is 0.759 e. The second-order valence-corrected chi connectivity index (χ2v) is 2.16. The maximum Gasteiger partial charge on any atom is 0.240 e. The summed E-state index contributed by atoms with van der Waals surface area (Å²) in [6.07, 6.45) is 0. The van der Waals surface area contributed by atoms with Gasteiger partial charge in [-0.2, -0.15) is 0 Å². The lowest BCUT2D eigenvalue weighted by Crippen LogP contribution is -2.15. The zero-order valence-electron chi connectivity index (χ0n) is 6.53. The molecule has 0 radical (unpaired) electrons. The van der Waals surface area contributed by atoms with E-state index < -0.39 is 5.91 Å². The van der Waals surface area contributed by atoms with E-state index in [0.29, 0.717) is 11.3 Å².